The molecule has 0 saturated carbocycles. The van der Waals surface area contributed by atoms with E-state index in [4.69, 9.17) is 9.47 Å². The number of rotatable bonds is 4. The van der Waals surface area contributed by atoms with Crippen molar-refractivity contribution in [2.24, 2.45) is 0 Å². The average molecular weight is 315 g/mol. The van der Waals surface area contributed by atoms with E-state index in [1.54, 1.807) is 27.7 Å². The second-order valence-electron chi connectivity index (χ2n) is 4.82. The summed E-state index contributed by atoms with van der Waals surface area (Å²) in [7, 11) is 0. The van der Waals surface area contributed by atoms with Crippen molar-refractivity contribution in [2.75, 3.05) is 13.2 Å². The lowest BCUT2D eigenvalue weighted by molar-refractivity contribution is 0.0471. The molecule has 2 heterocycles. The molecule has 0 aliphatic rings. The van der Waals surface area contributed by atoms with Gasteiger partial charge in [0.05, 0.1) is 18.8 Å². The lowest BCUT2D eigenvalue weighted by Crippen LogP contribution is -2.19. The minimum Gasteiger partial charge on any atom is -0.462 e. The second kappa shape index (κ2) is 6.48. The number of hydrogen-bond acceptors (Lipinski definition) is 6. The van der Waals surface area contributed by atoms with E-state index in [1.165, 1.54) is 10.6 Å². The van der Waals surface area contributed by atoms with E-state index in [1.807, 2.05) is 0 Å². The Balaban J connectivity index is 2.86. The first-order chi connectivity index (χ1) is 11.0. The van der Waals surface area contributed by atoms with Crippen molar-refractivity contribution in [2.45, 2.75) is 27.7 Å². The van der Waals surface area contributed by atoms with Gasteiger partial charge in [0.2, 0.25) is 0 Å². The molecule has 0 radical (unpaired) electrons. The molecule has 0 fully saturated rings. The first-order valence-corrected chi connectivity index (χ1v) is 7.22. The molecule has 0 aliphatic heterocycles. The number of hydrogen-bond donors (Lipinski definition) is 0. The van der Waals surface area contributed by atoms with Crippen LogP contribution in [0.4, 0.5) is 0 Å². The number of aryl methyl sites for hydroxylation is 1. The van der Waals surface area contributed by atoms with Crippen LogP contribution in [0.25, 0.3) is 5.65 Å². The van der Waals surface area contributed by atoms with Crippen LogP contribution in [0.1, 0.15) is 51.5 Å². The monoisotopic (exact) mass is 315 g/mol. The Labute approximate surface area is 133 Å². The largest absolute Gasteiger partial charge is 0.462 e. The van der Waals surface area contributed by atoms with Gasteiger partial charge in [0, 0.05) is 11.9 Å². The molecule has 7 heteroatoms. The summed E-state index contributed by atoms with van der Waals surface area (Å²) >= 11 is 0. The Hall–Kier alpha value is -2.88. The van der Waals surface area contributed by atoms with Gasteiger partial charge >= 0.3 is 11.9 Å². The maximum absolute atomic E-state index is 12.4. The zero-order chi connectivity index (χ0) is 17.1. The van der Waals surface area contributed by atoms with E-state index in [2.05, 4.69) is 11.1 Å². The highest BCUT2D eigenvalue weighted by Crippen LogP contribution is 2.24. The Bertz CT molecular complexity index is 830. The van der Waals surface area contributed by atoms with Crippen LogP contribution < -0.4 is 0 Å². The summed E-state index contributed by atoms with van der Waals surface area (Å²) in [6.45, 7) is 7.20. The average Bonchev–Trinajstić information content (AvgIpc) is 2.78. The maximum Gasteiger partial charge on any atom is 0.356 e. The highest BCUT2D eigenvalue weighted by molar-refractivity contribution is 6.02. The van der Waals surface area contributed by atoms with Gasteiger partial charge in [-0.1, -0.05) is 0 Å². The third-order valence-electron chi connectivity index (χ3n) is 3.56. The number of nitriles is 1. The number of carbonyl (C=O) groups excluding carboxylic acids is 2. The number of fused-ring (bicyclic) bond motifs is 1. The van der Waals surface area contributed by atoms with Crippen LogP contribution in [0, 0.1) is 25.2 Å². The quantitative estimate of drug-likeness (QED) is 0.803. The van der Waals surface area contributed by atoms with E-state index in [9.17, 15) is 14.9 Å². The van der Waals surface area contributed by atoms with E-state index in [0.29, 0.717) is 22.5 Å². The summed E-state index contributed by atoms with van der Waals surface area (Å²) in [5.74, 6) is -1.32. The topological polar surface area (TPSA) is 93.7 Å². The lowest BCUT2D eigenvalue weighted by Gasteiger charge is -2.11. The van der Waals surface area contributed by atoms with Crippen molar-refractivity contribution in [3.8, 4) is 6.07 Å². The van der Waals surface area contributed by atoms with Crippen LogP contribution >= 0.6 is 0 Å². The van der Waals surface area contributed by atoms with E-state index in [0.717, 1.165) is 0 Å². The molecule has 0 N–H and O–H groups in total. The summed E-state index contributed by atoms with van der Waals surface area (Å²) in [4.78, 5) is 28.7. The van der Waals surface area contributed by atoms with Gasteiger partial charge in [-0.15, -0.1) is 0 Å². The summed E-state index contributed by atoms with van der Waals surface area (Å²) < 4.78 is 11.5. The summed E-state index contributed by atoms with van der Waals surface area (Å²) in [5.41, 5.74) is 2.07. The third-order valence-corrected chi connectivity index (χ3v) is 3.56. The minimum absolute atomic E-state index is 0.0142. The number of aromatic nitrogens is 2. The molecular weight excluding hydrogens is 298 g/mol. The van der Waals surface area contributed by atoms with Crippen LogP contribution in [-0.4, -0.2) is 34.5 Å². The van der Waals surface area contributed by atoms with Crippen molar-refractivity contribution < 1.29 is 19.1 Å². The molecule has 23 heavy (non-hydrogen) atoms. The third kappa shape index (κ3) is 2.63. The number of esters is 2. The second-order valence-corrected chi connectivity index (χ2v) is 4.82. The maximum atomic E-state index is 12.4. The molecule has 0 bridgehead atoms. The zero-order valence-corrected chi connectivity index (χ0v) is 13.5. The standard InChI is InChI=1S/C16H17N3O4/c1-5-22-15(20)12-8-18-14-11(7-17)9(3)10(4)19(14)13(12)16(21)23-6-2/h8H,5-6H2,1-4H3. The molecule has 120 valence electrons. The highest BCUT2D eigenvalue weighted by Gasteiger charge is 2.27. The normalized spacial score (nSPS) is 10.4. The van der Waals surface area contributed by atoms with Crippen LogP contribution in [-0.2, 0) is 9.47 Å². The molecule has 7 nitrogen and oxygen atoms in total. The Kier molecular flexibility index (Phi) is 4.65. The molecule has 0 amide bonds. The predicted molar refractivity (Wildman–Crippen MR) is 81.3 cm³/mol. The summed E-state index contributed by atoms with van der Waals surface area (Å²) in [6.07, 6.45) is 1.25. The van der Waals surface area contributed by atoms with Gasteiger partial charge in [0.1, 0.15) is 17.3 Å². The van der Waals surface area contributed by atoms with Crippen molar-refractivity contribution >= 4 is 17.6 Å². The molecule has 0 spiro atoms. The van der Waals surface area contributed by atoms with Gasteiger partial charge in [0.25, 0.3) is 0 Å². The van der Waals surface area contributed by atoms with Crippen LogP contribution in [0.5, 0.6) is 0 Å². The Morgan fingerprint density at radius 2 is 1.83 bits per heavy atom. The number of nitrogens with zero attached hydrogens (tertiary/aromatic N) is 3. The van der Waals surface area contributed by atoms with Crippen LogP contribution in [0.15, 0.2) is 6.20 Å². The van der Waals surface area contributed by atoms with E-state index >= 15 is 0 Å². The fourth-order valence-electron chi connectivity index (χ4n) is 2.38. The molecular formula is C16H17N3O4. The van der Waals surface area contributed by atoms with Crippen molar-refractivity contribution in [3.05, 3.63) is 34.3 Å². The van der Waals surface area contributed by atoms with E-state index < -0.39 is 11.9 Å². The van der Waals surface area contributed by atoms with Gasteiger partial charge in [-0.3, -0.25) is 4.40 Å². The Morgan fingerprint density at radius 3 is 2.39 bits per heavy atom. The SMILES string of the molecule is CCOC(=O)c1cnc2c(C#N)c(C)c(C)n2c1C(=O)OCC. The Morgan fingerprint density at radius 1 is 1.22 bits per heavy atom. The predicted octanol–water partition coefficient (Wildman–Crippen LogP) is 2.18. The fraction of sp³-hybridized carbons (Fsp3) is 0.375. The van der Waals surface area contributed by atoms with E-state index in [-0.39, 0.29) is 24.5 Å². The fourth-order valence-corrected chi connectivity index (χ4v) is 2.38. The van der Waals surface area contributed by atoms with Gasteiger partial charge in [-0.2, -0.15) is 5.26 Å². The van der Waals surface area contributed by atoms with Crippen LogP contribution in [0.3, 0.4) is 0 Å². The molecule has 2 rings (SSSR count). The van der Waals surface area contributed by atoms with Gasteiger partial charge in [0.15, 0.2) is 5.65 Å². The number of carbonyl (C=O) groups is 2. The van der Waals surface area contributed by atoms with Crippen molar-refractivity contribution in [1.82, 2.24) is 9.38 Å². The van der Waals surface area contributed by atoms with Crippen molar-refractivity contribution in [3.63, 3.8) is 0 Å². The molecule has 0 aromatic carbocycles. The van der Waals surface area contributed by atoms with Gasteiger partial charge in [-0.05, 0) is 33.3 Å². The van der Waals surface area contributed by atoms with Gasteiger partial charge in [-0.25, -0.2) is 14.6 Å². The summed E-state index contributed by atoms with van der Waals surface area (Å²) in [5, 5.41) is 9.31. The highest BCUT2D eigenvalue weighted by atomic mass is 16.5. The molecule has 0 saturated heterocycles. The molecule has 0 atom stereocenters. The number of ether oxygens (including phenoxy) is 2. The summed E-state index contributed by atoms with van der Waals surface area (Å²) in [6, 6.07) is 2.08. The lowest BCUT2D eigenvalue weighted by atomic mass is 10.2. The first kappa shape index (κ1) is 16.5. The molecule has 2 aromatic heterocycles. The smallest absolute Gasteiger partial charge is 0.356 e. The molecule has 0 unspecified atom stereocenters. The van der Waals surface area contributed by atoms with Gasteiger partial charge < -0.3 is 9.47 Å². The molecule has 0 aliphatic carbocycles. The first-order valence-electron chi connectivity index (χ1n) is 7.22. The van der Waals surface area contributed by atoms with Crippen molar-refractivity contribution in [1.29, 1.82) is 5.26 Å². The minimum atomic E-state index is -0.662. The zero-order valence-electron chi connectivity index (χ0n) is 13.5. The molecule has 2 aromatic rings. The van der Waals surface area contributed by atoms with Crippen LogP contribution in [0.2, 0.25) is 0 Å².